The summed E-state index contributed by atoms with van der Waals surface area (Å²) in [5, 5.41) is 0. The van der Waals surface area contributed by atoms with Gasteiger partial charge in [-0.15, -0.1) is 0 Å². The summed E-state index contributed by atoms with van der Waals surface area (Å²) in [5.74, 6) is -1.40. The van der Waals surface area contributed by atoms with Crippen molar-refractivity contribution >= 4 is 35.5 Å². The van der Waals surface area contributed by atoms with E-state index in [1.54, 1.807) is 16.0 Å². The molecule has 0 aromatic heterocycles. The summed E-state index contributed by atoms with van der Waals surface area (Å²) in [4.78, 5) is 59.7. The number of hydrogen-bond donors (Lipinski definition) is 0. The number of carbonyl (C=O) groups excluding carboxylic acids is 4. The Morgan fingerprint density at radius 1 is 1.00 bits per heavy atom. The molecule has 2 atom stereocenters. The maximum Gasteiger partial charge on any atom is 0.328 e. The smallest absolute Gasteiger partial charge is 0.328 e. The molecule has 4 rings (SSSR count). The average molecular weight is 427 g/mol. The predicted molar refractivity (Wildman–Crippen MR) is 107 cm³/mol. The van der Waals surface area contributed by atoms with Gasteiger partial charge in [0.25, 0.3) is 5.91 Å². The maximum atomic E-state index is 13.2. The zero-order chi connectivity index (χ0) is 22.3. The molecule has 3 aliphatic heterocycles. The molecule has 1 fully saturated rings. The molecule has 0 radical (unpaired) electrons. The van der Waals surface area contributed by atoms with E-state index in [-0.39, 0.29) is 6.54 Å². The monoisotopic (exact) mass is 427 g/mol. The summed E-state index contributed by atoms with van der Waals surface area (Å²) in [6.45, 7) is -0.615. The van der Waals surface area contributed by atoms with E-state index < -0.39 is 42.6 Å². The molecule has 3 heterocycles. The Morgan fingerprint density at radius 3 is 2.23 bits per heavy atom. The number of imide groups is 1. The van der Waals surface area contributed by atoms with Crippen LogP contribution in [0.25, 0.3) is 5.70 Å². The maximum absolute atomic E-state index is 13.2. The van der Waals surface area contributed by atoms with Crippen molar-refractivity contribution in [3.05, 3.63) is 42.1 Å². The third kappa shape index (κ3) is 3.27. The van der Waals surface area contributed by atoms with E-state index in [0.717, 1.165) is 10.5 Å². The number of amides is 3. The molecule has 1 aromatic rings. The number of benzene rings is 1. The van der Waals surface area contributed by atoms with Crippen LogP contribution in [0, 0.1) is 0 Å². The number of aliphatic imine (C=N–C) groups is 1. The second kappa shape index (κ2) is 7.74. The molecule has 0 spiro atoms. The number of methoxy groups -OCH3 is 2. The SMILES string of the molecule is COC(=O)CN1C(=O)C2C(N=C3N(CC(=O)OC)C(c4ccccc4)=CN32)N(C)C1=O. The molecular formula is C20H21N5O6. The van der Waals surface area contributed by atoms with Gasteiger partial charge in [0, 0.05) is 13.2 Å². The summed E-state index contributed by atoms with van der Waals surface area (Å²) in [5.41, 5.74) is 1.48. The van der Waals surface area contributed by atoms with E-state index >= 15 is 0 Å². The second-order valence-corrected chi connectivity index (χ2v) is 7.13. The lowest BCUT2D eigenvalue weighted by molar-refractivity contribution is -0.148. The third-order valence-electron chi connectivity index (χ3n) is 5.40. The number of carbonyl (C=O) groups is 4. The molecule has 31 heavy (non-hydrogen) atoms. The van der Waals surface area contributed by atoms with E-state index in [1.807, 2.05) is 30.3 Å². The molecule has 11 nitrogen and oxygen atoms in total. The number of nitrogens with zero attached hydrogens (tertiary/aromatic N) is 5. The van der Waals surface area contributed by atoms with E-state index in [4.69, 9.17) is 4.74 Å². The van der Waals surface area contributed by atoms with Gasteiger partial charge in [-0.05, 0) is 5.56 Å². The Labute approximate surface area is 178 Å². The van der Waals surface area contributed by atoms with Crippen LogP contribution in [0.4, 0.5) is 4.79 Å². The topological polar surface area (TPSA) is 112 Å². The average Bonchev–Trinajstić information content (AvgIpc) is 3.32. The van der Waals surface area contributed by atoms with Crippen LogP contribution in [0.15, 0.2) is 41.5 Å². The number of fused-ring (bicyclic) bond motifs is 3. The van der Waals surface area contributed by atoms with Crippen molar-refractivity contribution in [1.29, 1.82) is 0 Å². The minimum atomic E-state index is -0.872. The molecule has 2 unspecified atom stereocenters. The van der Waals surface area contributed by atoms with Gasteiger partial charge in [-0.3, -0.25) is 24.2 Å². The van der Waals surface area contributed by atoms with E-state index in [1.165, 1.54) is 26.2 Å². The number of ether oxygens (including phenoxy) is 2. The molecule has 11 heteroatoms. The fourth-order valence-corrected chi connectivity index (χ4v) is 3.81. The number of hydrogen-bond acceptors (Lipinski definition) is 9. The first kappa shape index (κ1) is 20.4. The summed E-state index contributed by atoms with van der Waals surface area (Å²) in [6.07, 6.45) is 0.928. The van der Waals surface area contributed by atoms with Crippen LogP contribution in [0.1, 0.15) is 5.56 Å². The number of urea groups is 1. The molecule has 0 N–H and O–H groups in total. The van der Waals surface area contributed by atoms with Crippen molar-refractivity contribution in [2.75, 3.05) is 34.4 Å². The second-order valence-electron chi connectivity index (χ2n) is 7.13. The normalized spacial score (nSPS) is 22.2. The fourth-order valence-electron chi connectivity index (χ4n) is 3.81. The van der Waals surface area contributed by atoms with E-state index in [2.05, 4.69) is 9.73 Å². The van der Waals surface area contributed by atoms with Crippen LogP contribution in [0.2, 0.25) is 0 Å². The third-order valence-corrected chi connectivity index (χ3v) is 5.40. The minimum Gasteiger partial charge on any atom is -0.468 e. The molecule has 162 valence electrons. The van der Waals surface area contributed by atoms with Crippen molar-refractivity contribution in [1.82, 2.24) is 19.6 Å². The molecular weight excluding hydrogens is 406 g/mol. The Morgan fingerprint density at radius 2 is 1.61 bits per heavy atom. The van der Waals surface area contributed by atoms with Crippen molar-refractivity contribution in [3.8, 4) is 0 Å². The molecule has 1 aromatic carbocycles. The Hall–Kier alpha value is -3.89. The Kier molecular flexibility index (Phi) is 5.09. The molecule has 3 aliphatic rings. The van der Waals surface area contributed by atoms with Gasteiger partial charge in [-0.2, -0.15) is 0 Å². The quantitative estimate of drug-likeness (QED) is 0.600. The van der Waals surface area contributed by atoms with Crippen molar-refractivity contribution in [2.45, 2.75) is 12.2 Å². The Bertz CT molecular complexity index is 1010. The zero-order valence-corrected chi connectivity index (χ0v) is 17.2. The van der Waals surface area contributed by atoms with Crippen LogP contribution >= 0.6 is 0 Å². The number of esters is 2. The summed E-state index contributed by atoms with van der Waals surface area (Å²) >= 11 is 0. The van der Waals surface area contributed by atoms with Crippen LogP contribution in [-0.2, 0) is 23.9 Å². The standard InChI is InChI=1S/C20H21N5O6/c1-22-17-16(18(28)25(20(22)29)11-15(27)31-3)24-9-13(12-7-5-4-6-8-12)23(19(24)21-17)10-14(26)30-2/h4-9,16-17H,10-11H2,1-3H3. The molecule has 0 aliphatic carbocycles. The van der Waals surface area contributed by atoms with Gasteiger partial charge in [-0.25, -0.2) is 9.79 Å². The minimum absolute atomic E-state index is 0.121. The number of likely N-dealkylation sites (N-methyl/N-ethyl adjacent to an activating group) is 1. The van der Waals surface area contributed by atoms with Crippen LogP contribution in [0.3, 0.4) is 0 Å². The predicted octanol–water partition coefficient (Wildman–Crippen LogP) is -0.0931. The van der Waals surface area contributed by atoms with E-state index in [0.29, 0.717) is 11.7 Å². The molecule has 1 saturated heterocycles. The number of guanidine groups is 1. The molecule has 3 amide bonds. The highest BCUT2D eigenvalue weighted by atomic mass is 16.5. The highest BCUT2D eigenvalue weighted by Crippen LogP contribution is 2.37. The first-order valence-electron chi connectivity index (χ1n) is 9.50. The zero-order valence-electron chi connectivity index (χ0n) is 17.2. The van der Waals surface area contributed by atoms with Gasteiger partial charge < -0.3 is 19.3 Å². The van der Waals surface area contributed by atoms with Crippen molar-refractivity contribution in [3.63, 3.8) is 0 Å². The molecule has 0 saturated carbocycles. The van der Waals surface area contributed by atoms with E-state index in [9.17, 15) is 19.2 Å². The fraction of sp³-hybridized carbons (Fsp3) is 0.350. The van der Waals surface area contributed by atoms with Crippen LogP contribution in [-0.4, -0.2) is 96.0 Å². The Balaban J connectivity index is 1.72. The lowest BCUT2D eigenvalue weighted by Gasteiger charge is -2.39. The van der Waals surface area contributed by atoms with Gasteiger partial charge in [-0.1, -0.05) is 30.3 Å². The first-order valence-corrected chi connectivity index (χ1v) is 9.50. The van der Waals surface area contributed by atoms with Gasteiger partial charge in [0.15, 0.2) is 12.2 Å². The lowest BCUT2D eigenvalue weighted by Crippen LogP contribution is -2.65. The van der Waals surface area contributed by atoms with Crippen LogP contribution < -0.4 is 0 Å². The molecule has 0 bridgehead atoms. The summed E-state index contributed by atoms with van der Waals surface area (Å²) < 4.78 is 9.44. The van der Waals surface area contributed by atoms with Crippen LogP contribution in [0.5, 0.6) is 0 Å². The van der Waals surface area contributed by atoms with Gasteiger partial charge in [0.2, 0.25) is 5.96 Å². The van der Waals surface area contributed by atoms with Gasteiger partial charge >= 0.3 is 18.0 Å². The lowest BCUT2D eigenvalue weighted by atomic mass is 10.1. The van der Waals surface area contributed by atoms with Gasteiger partial charge in [0.1, 0.15) is 13.1 Å². The highest BCUT2D eigenvalue weighted by molar-refractivity contribution is 6.08. The number of rotatable bonds is 5. The van der Waals surface area contributed by atoms with Gasteiger partial charge in [0.05, 0.1) is 19.9 Å². The highest BCUT2D eigenvalue weighted by Gasteiger charge is 2.55. The van der Waals surface area contributed by atoms with Crippen molar-refractivity contribution < 1.29 is 28.7 Å². The largest absolute Gasteiger partial charge is 0.468 e. The summed E-state index contributed by atoms with van der Waals surface area (Å²) in [7, 11) is 3.99. The van der Waals surface area contributed by atoms with Crippen molar-refractivity contribution in [2.24, 2.45) is 4.99 Å². The first-order chi connectivity index (χ1) is 14.9. The summed E-state index contributed by atoms with van der Waals surface area (Å²) in [6, 6.07) is 7.82.